The van der Waals surface area contributed by atoms with Crippen LogP contribution in [0.2, 0.25) is 0 Å². The first-order valence-electron chi connectivity index (χ1n) is 10.0. The number of nitrogens with one attached hydrogen (secondary N) is 2. The van der Waals surface area contributed by atoms with E-state index < -0.39 is 24.5 Å². The molecule has 1 heterocycles. The van der Waals surface area contributed by atoms with Crippen LogP contribution in [0.25, 0.3) is 10.9 Å². The third-order valence-corrected chi connectivity index (χ3v) is 4.88. The fourth-order valence-corrected chi connectivity index (χ4v) is 3.48. The molecule has 0 saturated carbocycles. The first kappa shape index (κ1) is 20.8. The number of pyridine rings is 1. The topological polar surface area (TPSA) is 97.4 Å². The molecule has 7 heteroatoms. The minimum Gasteiger partial charge on any atom is -0.452 e. The van der Waals surface area contributed by atoms with Gasteiger partial charge in [-0.3, -0.25) is 15.1 Å². The number of imide groups is 1. The first-order valence-corrected chi connectivity index (χ1v) is 10.0. The van der Waals surface area contributed by atoms with E-state index >= 15 is 0 Å². The third kappa shape index (κ3) is 5.10. The Morgan fingerprint density at radius 1 is 1.17 bits per heavy atom. The molecular formula is C22H27N3O4. The molecular weight excluding hydrogens is 370 g/mol. The number of aryl methyl sites for hydroxylation is 2. The summed E-state index contributed by atoms with van der Waals surface area (Å²) in [5.41, 5.74) is 4.10. The Balaban J connectivity index is 1.76. The molecule has 0 atom stereocenters. The summed E-state index contributed by atoms with van der Waals surface area (Å²) in [5.74, 6) is -0.954. The Bertz CT molecular complexity index is 953. The summed E-state index contributed by atoms with van der Waals surface area (Å²) < 4.78 is 5.27. The van der Waals surface area contributed by atoms with Crippen molar-refractivity contribution in [2.75, 3.05) is 13.2 Å². The zero-order valence-electron chi connectivity index (χ0n) is 17.1. The lowest BCUT2D eigenvalue weighted by Gasteiger charge is -2.20. The Kier molecular flexibility index (Phi) is 6.46. The van der Waals surface area contributed by atoms with Gasteiger partial charge in [-0.25, -0.2) is 9.59 Å². The predicted molar refractivity (Wildman–Crippen MR) is 110 cm³/mol. The molecule has 0 aliphatic heterocycles. The van der Waals surface area contributed by atoms with Crippen molar-refractivity contribution in [1.29, 1.82) is 0 Å². The fraction of sp³-hybridized carbons (Fsp3) is 0.455. The summed E-state index contributed by atoms with van der Waals surface area (Å²) in [6, 6.07) is 5.19. The second-order valence-corrected chi connectivity index (χ2v) is 7.87. The van der Waals surface area contributed by atoms with Crippen molar-refractivity contribution in [3.63, 3.8) is 0 Å². The van der Waals surface area contributed by atoms with Crippen molar-refractivity contribution in [3.8, 4) is 0 Å². The van der Waals surface area contributed by atoms with Gasteiger partial charge in [-0.1, -0.05) is 25.5 Å². The maximum absolute atomic E-state index is 12.9. The van der Waals surface area contributed by atoms with E-state index in [-0.39, 0.29) is 5.92 Å². The van der Waals surface area contributed by atoms with E-state index in [1.165, 1.54) is 0 Å². The summed E-state index contributed by atoms with van der Waals surface area (Å²) in [5, 5.41) is 5.50. The zero-order valence-corrected chi connectivity index (χ0v) is 17.1. The third-order valence-electron chi connectivity index (χ3n) is 4.88. The van der Waals surface area contributed by atoms with Crippen LogP contribution in [0.3, 0.4) is 0 Å². The van der Waals surface area contributed by atoms with Crippen LogP contribution < -0.4 is 10.6 Å². The molecule has 0 saturated heterocycles. The summed E-state index contributed by atoms with van der Waals surface area (Å²) in [6.45, 7) is 5.79. The summed E-state index contributed by atoms with van der Waals surface area (Å²) in [7, 11) is 0. The van der Waals surface area contributed by atoms with Gasteiger partial charge < -0.3 is 10.1 Å². The molecule has 3 amide bonds. The van der Waals surface area contributed by atoms with Crippen LogP contribution in [0, 0.1) is 12.8 Å². The number of ether oxygens (including phenoxy) is 1. The number of hydrogen-bond acceptors (Lipinski definition) is 5. The SMILES string of the molecule is Cc1ccc2nc3c(c(C(=O)OCC(=O)NC(=O)NCC(C)C)c2c1)CCCC3. The smallest absolute Gasteiger partial charge is 0.339 e. The highest BCUT2D eigenvalue weighted by Crippen LogP contribution is 2.30. The molecule has 2 N–H and O–H groups in total. The van der Waals surface area contributed by atoms with Gasteiger partial charge in [0.05, 0.1) is 11.1 Å². The van der Waals surface area contributed by atoms with Crippen LogP contribution in [-0.2, 0) is 22.4 Å². The summed E-state index contributed by atoms with van der Waals surface area (Å²) in [4.78, 5) is 41.3. The molecule has 1 aliphatic rings. The van der Waals surface area contributed by atoms with Crippen molar-refractivity contribution >= 4 is 28.8 Å². The lowest BCUT2D eigenvalue weighted by Crippen LogP contribution is -2.42. The van der Waals surface area contributed by atoms with Crippen molar-refractivity contribution in [2.24, 2.45) is 5.92 Å². The molecule has 7 nitrogen and oxygen atoms in total. The van der Waals surface area contributed by atoms with Crippen molar-refractivity contribution in [3.05, 3.63) is 40.6 Å². The van der Waals surface area contributed by atoms with E-state index in [0.29, 0.717) is 12.1 Å². The first-order chi connectivity index (χ1) is 13.8. The molecule has 1 aromatic carbocycles. The highest BCUT2D eigenvalue weighted by molar-refractivity contribution is 6.06. The molecule has 0 unspecified atom stereocenters. The van der Waals surface area contributed by atoms with Crippen LogP contribution in [-0.4, -0.2) is 36.0 Å². The second-order valence-electron chi connectivity index (χ2n) is 7.87. The highest BCUT2D eigenvalue weighted by atomic mass is 16.5. The maximum atomic E-state index is 12.9. The molecule has 3 rings (SSSR count). The van der Waals surface area contributed by atoms with E-state index in [9.17, 15) is 14.4 Å². The number of urea groups is 1. The fourth-order valence-electron chi connectivity index (χ4n) is 3.48. The van der Waals surface area contributed by atoms with Gasteiger partial charge in [0, 0.05) is 17.6 Å². The molecule has 1 aromatic heterocycles. The van der Waals surface area contributed by atoms with Gasteiger partial charge in [0.1, 0.15) is 0 Å². The molecule has 154 valence electrons. The highest BCUT2D eigenvalue weighted by Gasteiger charge is 2.24. The Morgan fingerprint density at radius 2 is 1.93 bits per heavy atom. The molecule has 0 bridgehead atoms. The standard InChI is InChI=1S/C22H27N3O4/c1-13(2)11-23-22(28)25-19(26)12-29-21(27)20-15-6-4-5-7-17(15)24-18-9-8-14(3)10-16(18)20/h8-10,13H,4-7,11-12H2,1-3H3,(H2,23,25,26,28). The van der Waals surface area contributed by atoms with Gasteiger partial charge in [-0.2, -0.15) is 0 Å². The molecule has 2 aromatic rings. The van der Waals surface area contributed by atoms with Crippen molar-refractivity contribution in [1.82, 2.24) is 15.6 Å². The average molecular weight is 397 g/mol. The van der Waals surface area contributed by atoms with E-state index in [1.54, 1.807) is 0 Å². The number of carbonyl (C=O) groups excluding carboxylic acids is 3. The second kappa shape index (κ2) is 9.03. The van der Waals surface area contributed by atoms with E-state index in [2.05, 4.69) is 10.6 Å². The Labute approximate surface area is 170 Å². The van der Waals surface area contributed by atoms with Crippen LogP contribution >= 0.6 is 0 Å². The van der Waals surface area contributed by atoms with Crippen LogP contribution in [0.5, 0.6) is 0 Å². The number of rotatable bonds is 5. The molecule has 29 heavy (non-hydrogen) atoms. The molecule has 0 fully saturated rings. The van der Waals surface area contributed by atoms with Gasteiger partial charge >= 0.3 is 12.0 Å². The number of amides is 3. The summed E-state index contributed by atoms with van der Waals surface area (Å²) in [6.07, 6.45) is 3.62. The minimum atomic E-state index is -0.664. The number of nitrogens with zero attached hydrogens (tertiary/aromatic N) is 1. The Morgan fingerprint density at radius 3 is 2.69 bits per heavy atom. The maximum Gasteiger partial charge on any atom is 0.339 e. The van der Waals surface area contributed by atoms with Crippen molar-refractivity contribution in [2.45, 2.75) is 46.5 Å². The number of fused-ring (bicyclic) bond motifs is 2. The molecule has 1 aliphatic carbocycles. The largest absolute Gasteiger partial charge is 0.452 e. The lowest BCUT2D eigenvalue weighted by molar-refractivity contribution is -0.123. The number of esters is 1. The van der Waals surface area contributed by atoms with Crippen LogP contribution in [0.1, 0.15) is 53.9 Å². The van der Waals surface area contributed by atoms with E-state index in [0.717, 1.165) is 53.4 Å². The number of benzene rings is 1. The van der Waals surface area contributed by atoms with Gasteiger partial charge in [-0.15, -0.1) is 0 Å². The monoisotopic (exact) mass is 397 g/mol. The molecule has 0 radical (unpaired) electrons. The van der Waals surface area contributed by atoms with E-state index in [4.69, 9.17) is 9.72 Å². The average Bonchev–Trinajstić information content (AvgIpc) is 2.68. The summed E-state index contributed by atoms with van der Waals surface area (Å²) >= 11 is 0. The van der Waals surface area contributed by atoms with Crippen molar-refractivity contribution < 1.29 is 19.1 Å². The normalized spacial score (nSPS) is 13.1. The van der Waals surface area contributed by atoms with E-state index in [1.807, 2.05) is 39.0 Å². The van der Waals surface area contributed by atoms with Gasteiger partial charge in [0.15, 0.2) is 6.61 Å². The minimum absolute atomic E-state index is 0.267. The van der Waals surface area contributed by atoms with Crippen LogP contribution in [0.15, 0.2) is 18.2 Å². The number of hydrogen-bond donors (Lipinski definition) is 2. The van der Waals surface area contributed by atoms with Crippen LogP contribution in [0.4, 0.5) is 4.79 Å². The quantitative estimate of drug-likeness (QED) is 0.756. The number of carbonyl (C=O) groups is 3. The predicted octanol–water partition coefficient (Wildman–Crippen LogP) is 3.06. The molecule has 0 spiro atoms. The number of aromatic nitrogens is 1. The van der Waals surface area contributed by atoms with Gasteiger partial charge in [0.25, 0.3) is 5.91 Å². The van der Waals surface area contributed by atoms with Gasteiger partial charge in [0.2, 0.25) is 0 Å². The zero-order chi connectivity index (χ0) is 21.0. The van der Waals surface area contributed by atoms with Gasteiger partial charge in [-0.05, 0) is 56.2 Å². The lowest BCUT2D eigenvalue weighted by atomic mass is 9.89. The Hall–Kier alpha value is -2.96.